The monoisotopic (exact) mass is 373 g/mol. The molecule has 1 unspecified atom stereocenters. The number of hydrogen-bond donors (Lipinski definition) is 1. The van der Waals surface area contributed by atoms with Crippen LogP contribution >= 0.6 is 27.5 Å². The molecule has 0 saturated carbocycles. The van der Waals surface area contributed by atoms with E-state index in [2.05, 4.69) is 20.8 Å². The number of likely N-dealkylation sites (tertiary alicyclic amines) is 1. The Balaban J connectivity index is 1.82. The van der Waals surface area contributed by atoms with Crippen LogP contribution in [-0.4, -0.2) is 41.5 Å². The van der Waals surface area contributed by atoms with Crippen molar-refractivity contribution >= 4 is 33.3 Å². The van der Waals surface area contributed by atoms with E-state index in [-0.39, 0.29) is 11.9 Å². The van der Waals surface area contributed by atoms with E-state index in [9.17, 15) is 9.90 Å². The van der Waals surface area contributed by atoms with Gasteiger partial charge in [-0.1, -0.05) is 27.5 Å². The molecule has 1 saturated heterocycles. The van der Waals surface area contributed by atoms with Gasteiger partial charge in [-0.05, 0) is 57.0 Å². The van der Waals surface area contributed by atoms with E-state index in [1.165, 1.54) is 0 Å². The summed E-state index contributed by atoms with van der Waals surface area (Å²) in [5.74, 6) is 0.489. The smallest absolute Gasteiger partial charge is 0.165 e. The van der Waals surface area contributed by atoms with Gasteiger partial charge >= 0.3 is 0 Å². The highest BCUT2D eigenvalue weighted by atomic mass is 79.9. The van der Waals surface area contributed by atoms with Crippen LogP contribution in [0.1, 0.15) is 36.5 Å². The van der Waals surface area contributed by atoms with Crippen LogP contribution in [0.5, 0.6) is 0 Å². The van der Waals surface area contributed by atoms with Crippen molar-refractivity contribution in [3.05, 3.63) is 33.3 Å². The molecule has 0 amide bonds. The number of carbonyl (C=O) groups is 1. The van der Waals surface area contributed by atoms with Gasteiger partial charge in [0.05, 0.1) is 11.1 Å². The zero-order chi connectivity index (χ0) is 15.4. The Morgan fingerprint density at radius 2 is 2.14 bits per heavy atom. The van der Waals surface area contributed by atoms with Crippen molar-refractivity contribution in [2.45, 2.75) is 32.3 Å². The molecule has 1 N–H and O–H groups in total. The van der Waals surface area contributed by atoms with E-state index in [0.717, 1.165) is 36.9 Å². The van der Waals surface area contributed by atoms with Crippen molar-refractivity contribution in [1.29, 1.82) is 0 Å². The summed E-state index contributed by atoms with van der Waals surface area (Å²) in [6.45, 7) is 4.53. The molecule has 3 nitrogen and oxygen atoms in total. The van der Waals surface area contributed by atoms with Gasteiger partial charge in [0.1, 0.15) is 0 Å². The molecule has 21 heavy (non-hydrogen) atoms. The first kappa shape index (κ1) is 16.9. The van der Waals surface area contributed by atoms with Crippen LogP contribution in [-0.2, 0) is 0 Å². The first-order valence-corrected chi connectivity index (χ1v) is 8.53. The zero-order valence-corrected chi connectivity index (χ0v) is 14.5. The molecule has 0 radical (unpaired) electrons. The lowest BCUT2D eigenvalue weighted by Gasteiger charge is -2.33. The molecule has 0 aromatic heterocycles. The third kappa shape index (κ3) is 4.78. The number of rotatable bonds is 5. The number of ketones is 1. The predicted octanol–water partition coefficient (Wildman–Crippen LogP) is 3.77. The van der Waals surface area contributed by atoms with Crippen molar-refractivity contribution < 1.29 is 9.90 Å². The van der Waals surface area contributed by atoms with Crippen molar-refractivity contribution in [3.63, 3.8) is 0 Å². The minimum atomic E-state index is -0.227. The number of piperidine rings is 1. The van der Waals surface area contributed by atoms with Gasteiger partial charge in [0, 0.05) is 23.0 Å². The van der Waals surface area contributed by atoms with Crippen molar-refractivity contribution in [3.8, 4) is 0 Å². The minimum Gasteiger partial charge on any atom is -0.393 e. The standard InChI is InChI=1S/C16H21BrClNO2/c1-11(20)12-4-7-19(8-5-12)9-6-16(21)14-3-2-13(17)10-15(14)18/h2-3,10-12,20H,4-9H2,1H3. The first-order chi connectivity index (χ1) is 9.97. The Morgan fingerprint density at radius 1 is 1.48 bits per heavy atom. The van der Waals surface area contributed by atoms with Gasteiger partial charge in [0.2, 0.25) is 0 Å². The second kappa shape index (κ2) is 7.73. The number of benzene rings is 1. The molecule has 0 aliphatic carbocycles. The number of Topliss-reactive ketones (excluding diaryl/α,β-unsaturated/α-hetero) is 1. The van der Waals surface area contributed by atoms with Gasteiger partial charge in [-0.2, -0.15) is 0 Å². The minimum absolute atomic E-state index is 0.0881. The Bertz CT molecular complexity index is 499. The number of carbonyl (C=O) groups excluding carboxylic acids is 1. The zero-order valence-electron chi connectivity index (χ0n) is 12.2. The van der Waals surface area contributed by atoms with Gasteiger partial charge in [-0.15, -0.1) is 0 Å². The topological polar surface area (TPSA) is 40.5 Å². The molecule has 0 bridgehead atoms. The summed E-state index contributed by atoms with van der Waals surface area (Å²) in [7, 11) is 0. The number of hydrogen-bond acceptors (Lipinski definition) is 3. The van der Waals surface area contributed by atoms with Gasteiger partial charge in [-0.25, -0.2) is 0 Å². The number of aliphatic hydroxyl groups is 1. The Morgan fingerprint density at radius 3 is 2.71 bits per heavy atom. The van der Waals surface area contributed by atoms with Crippen LogP contribution in [0.25, 0.3) is 0 Å². The molecule has 1 heterocycles. The Hall–Kier alpha value is -0.420. The molecule has 1 fully saturated rings. The molecule has 1 atom stereocenters. The summed E-state index contributed by atoms with van der Waals surface area (Å²) in [6, 6.07) is 5.37. The molecule has 116 valence electrons. The Kier molecular flexibility index (Phi) is 6.23. The summed E-state index contributed by atoms with van der Waals surface area (Å²) < 4.78 is 0.879. The van der Waals surface area contributed by atoms with Gasteiger partial charge in [0.25, 0.3) is 0 Å². The fourth-order valence-corrected chi connectivity index (χ4v) is 3.55. The van der Waals surface area contributed by atoms with Crippen LogP contribution in [0.4, 0.5) is 0 Å². The van der Waals surface area contributed by atoms with E-state index in [1.54, 1.807) is 12.1 Å². The van der Waals surface area contributed by atoms with E-state index in [1.807, 2.05) is 13.0 Å². The average Bonchev–Trinajstić information content (AvgIpc) is 2.45. The largest absolute Gasteiger partial charge is 0.393 e. The van der Waals surface area contributed by atoms with Crippen LogP contribution in [0.3, 0.4) is 0 Å². The highest BCUT2D eigenvalue weighted by molar-refractivity contribution is 9.10. The van der Waals surface area contributed by atoms with E-state index in [4.69, 9.17) is 11.6 Å². The molecular weight excluding hydrogens is 354 g/mol. The van der Waals surface area contributed by atoms with E-state index in [0.29, 0.717) is 22.9 Å². The Labute approximate surface area is 139 Å². The van der Waals surface area contributed by atoms with Crippen molar-refractivity contribution in [2.24, 2.45) is 5.92 Å². The summed E-state index contributed by atoms with van der Waals surface area (Å²) >= 11 is 9.45. The SMILES string of the molecule is CC(O)C1CCN(CCC(=O)c2ccc(Br)cc2Cl)CC1. The van der Waals surface area contributed by atoms with Crippen LogP contribution in [0.15, 0.2) is 22.7 Å². The molecule has 1 aliphatic heterocycles. The van der Waals surface area contributed by atoms with Gasteiger partial charge in [0.15, 0.2) is 5.78 Å². The number of nitrogens with zero attached hydrogens (tertiary/aromatic N) is 1. The maximum absolute atomic E-state index is 12.2. The lowest BCUT2D eigenvalue weighted by Crippen LogP contribution is -2.38. The molecule has 5 heteroatoms. The third-order valence-electron chi connectivity index (χ3n) is 4.20. The van der Waals surface area contributed by atoms with Crippen molar-refractivity contribution in [1.82, 2.24) is 4.90 Å². The first-order valence-electron chi connectivity index (χ1n) is 7.36. The van der Waals surface area contributed by atoms with E-state index >= 15 is 0 Å². The summed E-state index contributed by atoms with van der Waals surface area (Å²) in [5, 5.41) is 10.1. The maximum atomic E-state index is 12.2. The van der Waals surface area contributed by atoms with Crippen LogP contribution < -0.4 is 0 Å². The second-order valence-corrected chi connectivity index (χ2v) is 7.04. The molecule has 1 aromatic rings. The van der Waals surface area contributed by atoms with Gasteiger partial charge in [-0.3, -0.25) is 4.79 Å². The molecule has 1 aliphatic rings. The number of aliphatic hydroxyl groups excluding tert-OH is 1. The summed E-state index contributed by atoms with van der Waals surface area (Å²) in [4.78, 5) is 14.5. The predicted molar refractivity (Wildman–Crippen MR) is 88.9 cm³/mol. The molecule has 0 spiro atoms. The normalized spacial score (nSPS) is 18.7. The van der Waals surface area contributed by atoms with Crippen LogP contribution in [0.2, 0.25) is 5.02 Å². The number of halogens is 2. The molecule has 1 aromatic carbocycles. The summed E-state index contributed by atoms with van der Waals surface area (Å²) in [6.07, 6.45) is 2.27. The van der Waals surface area contributed by atoms with Crippen LogP contribution in [0, 0.1) is 5.92 Å². The molecular formula is C16H21BrClNO2. The van der Waals surface area contributed by atoms with E-state index < -0.39 is 0 Å². The third-order valence-corrected chi connectivity index (χ3v) is 5.01. The maximum Gasteiger partial charge on any atom is 0.165 e. The lowest BCUT2D eigenvalue weighted by molar-refractivity contribution is 0.0693. The van der Waals surface area contributed by atoms with Crippen molar-refractivity contribution in [2.75, 3.05) is 19.6 Å². The quantitative estimate of drug-likeness (QED) is 0.798. The second-order valence-electron chi connectivity index (χ2n) is 5.72. The molecule has 2 rings (SSSR count). The fraction of sp³-hybridized carbons (Fsp3) is 0.562. The highest BCUT2D eigenvalue weighted by Gasteiger charge is 2.23. The summed E-state index contributed by atoms with van der Waals surface area (Å²) in [5.41, 5.74) is 0.596. The highest BCUT2D eigenvalue weighted by Crippen LogP contribution is 2.24. The average molecular weight is 375 g/mol. The lowest BCUT2D eigenvalue weighted by atomic mass is 9.92. The van der Waals surface area contributed by atoms with Gasteiger partial charge < -0.3 is 10.0 Å². The fourth-order valence-electron chi connectivity index (χ4n) is 2.77.